The molecule has 2 heteroatoms. The van der Waals surface area contributed by atoms with E-state index < -0.39 is 0 Å². The minimum absolute atomic E-state index is 0.109. The number of carbonyl (C=O) groups excluding carboxylic acids is 1. The van der Waals surface area contributed by atoms with Crippen LogP contribution in [0.4, 0.5) is 0 Å². The average molecular weight is 331 g/mol. The van der Waals surface area contributed by atoms with Gasteiger partial charge in [-0.25, -0.2) is 0 Å². The first-order valence-corrected chi connectivity index (χ1v) is 7.51. The molecule has 0 heterocycles. The molecule has 2 aromatic carbocycles. The molecular formula is C18H19BrO. The number of rotatable bonds is 2. The molecule has 0 aliphatic heterocycles. The lowest BCUT2D eigenvalue weighted by Gasteiger charge is -2.19. The number of ketones is 1. The third kappa shape index (κ3) is 2.33. The van der Waals surface area contributed by atoms with E-state index in [1.807, 2.05) is 24.3 Å². The van der Waals surface area contributed by atoms with Crippen molar-refractivity contribution in [1.29, 1.82) is 0 Å². The molecule has 0 aliphatic carbocycles. The molecule has 20 heavy (non-hydrogen) atoms. The highest BCUT2D eigenvalue weighted by atomic mass is 79.9. The Morgan fingerprint density at radius 2 is 1.40 bits per heavy atom. The molecule has 0 unspecified atom stereocenters. The van der Waals surface area contributed by atoms with Crippen LogP contribution in [0, 0.1) is 27.7 Å². The molecule has 0 amide bonds. The van der Waals surface area contributed by atoms with Crippen molar-refractivity contribution >= 4 is 21.7 Å². The summed E-state index contributed by atoms with van der Waals surface area (Å²) in [5.74, 6) is 0.109. The van der Waals surface area contributed by atoms with Gasteiger partial charge in [-0.05, 0) is 68.0 Å². The summed E-state index contributed by atoms with van der Waals surface area (Å²) in [5.41, 5.74) is 7.95. The van der Waals surface area contributed by atoms with Gasteiger partial charge in [0.2, 0.25) is 0 Å². The fourth-order valence-corrected chi connectivity index (χ4v) is 3.27. The lowest BCUT2D eigenvalue weighted by molar-refractivity contribution is 0.101. The average Bonchev–Trinajstić information content (AvgIpc) is 2.43. The molecule has 0 aliphatic rings. The lowest BCUT2D eigenvalue weighted by atomic mass is 9.87. The Hall–Kier alpha value is -1.41. The molecule has 1 nitrogen and oxygen atoms in total. The summed E-state index contributed by atoms with van der Waals surface area (Å²) in [7, 11) is 0. The van der Waals surface area contributed by atoms with Gasteiger partial charge in [0, 0.05) is 10.0 Å². The Morgan fingerprint density at radius 3 is 1.90 bits per heavy atom. The maximum atomic E-state index is 11.9. The number of halogens is 1. The van der Waals surface area contributed by atoms with E-state index >= 15 is 0 Å². The standard InChI is InChI=1S/C18H19BrO/c1-10-12(3)18(19)13(4)11(2)17(10)16-9-7-6-8-15(16)14(5)20/h6-9H,1-5H3. The Bertz CT molecular complexity index is 670. The van der Waals surface area contributed by atoms with Crippen LogP contribution in [0.2, 0.25) is 0 Å². The Kier molecular flexibility index (Phi) is 4.14. The van der Waals surface area contributed by atoms with E-state index in [9.17, 15) is 4.79 Å². The summed E-state index contributed by atoms with van der Waals surface area (Å²) in [5, 5.41) is 0. The van der Waals surface area contributed by atoms with Crippen molar-refractivity contribution in [3.05, 3.63) is 56.6 Å². The molecule has 2 aromatic rings. The van der Waals surface area contributed by atoms with Gasteiger partial charge in [0.05, 0.1) is 0 Å². The SMILES string of the molecule is CC(=O)c1ccccc1-c1c(C)c(C)c(Br)c(C)c1C. The van der Waals surface area contributed by atoms with Gasteiger partial charge in [-0.3, -0.25) is 4.79 Å². The zero-order valence-electron chi connectivity index (χ0n) is 12.6. The van der Waals surface area contributed by atoms with E-state index in [-0.39, 0.29) is 5.78 Å². The minimum Gasteiger partial charge on any atom is -0.294 e. The van der Waals surface area contributed by atoms with Crippen LogP contribution >= 0.6 is 15.9 Å². The smallest absolute Gasteiger partial charge is 0.160 e. The van der Waals surface area contributed by atoms with Crippen LogP contribution in [0.5, 0.6) is 0 Å². The third-order valence-electron chi connectivity index (χ3n) is 4.11. The summed E-state index contributed by atoms with van der Waals surface area (Å²) in [6.07, 6.45) is 0. The fraction of sp³-hybridized carbons (Fsp3) is 0.278. The summed E-state index contributed by atoms with van der Waals surface area (Å²) in [6, 6.07) is 7.86. The Labute approximate surface area is 129 Å². The number of carbonyl (C=O) groups is 1. The molecule has 0 N–H and O–H groups in total. The molecule has 0 atom stereocenters. The van der Waals surface area contributed by atoms with Gasteiger partial charge in [0.25, 0.3) is 0 Å². The zero-order valence-corrected chi connectivity index (χ0v) is 14.2. The zero-order chi connectivity index (χ0) is 15.0. The number of Topliss-reactive ketones (excluding diaryl/α,β-unsaturated/α-hetero) is 1. The second-order valence-corrected chi connectivity index (χ2v) is 6.08. The molecule has 0 fully saturated rings. The summed E-state index contributed by atoms with van der Waals surface area (Å²) in [6.45, 7) is 10.1. The van der Waals surface area contributed by atoms with Gasteiger partial charge in [0.15, 0.2) is 5.78 Å². The van der Waals surface area contributed by atoms with Gasteiger partial charge >= 0.3 is 0 Å². The van der Waals surface area contributed by atoms with Crippen molar-refractivity contribution in [2.45, 2.75) is 34.6 Å². The number of hydrogen-bond donors (Lipinski definition) is 0. The number of benzene rings is 2. The van der Waals surface area contributed by atoms with E-state index in [4.69, 9.17) is 0 Å². The first-order valence-electron chi connectivity index (χ1n) is 6.72. The van der Waals surface area contributed by atoms with Gasteiger partial charge in [0.1, 0.15) is 0 Å². The summed E-state index contributed by atoms with van der Waals surface area (Å²) in [4.78, 5) is 11.9. The van der Waals surface area contributed by atoms with E-state index in [0.717, 1.165) is 15.6 Å². The number of hydrogen-bond acceptors (Lipinski definition) is 1. The lowest BCUT2D eigenvalue weighted by Crippen LogP contribution is -2.02. The molecule has 2 rings (SSSR count). The highest BCUT2D eigenvalue weighted by molar-refractivity contribution is 9.10. The van der Waals surface area contributed by atoms with Crippen molar-refractivity contribution in [2.24, 2.45) is 0 Å². The van der Waals surface area contributed by atoms with Crippen LogP contribution in [0.1, 0.15) is 39.5 Å². The molecular weight excluding hydrogens is 312 g/mol. The van der Waals surface area contributed by atoms with Crippen molar-refractivity contribution in [3.8, 4) is 11.1 Å². The molecule has 0 aromatic heterocycles. The second kappa shape index (κ2) is 5.53. The Balaban J connectivity index is 2.88. The normalized spacial score (nSPS) is 10.7. The predicted octanol–water partition coefficient (Wildman–Crippen LogP) is 5.55. The van der Waals surface area contributed by atoms with Crippen molar-refractivity contribution in [1.82, 2.24) is 0 Å². The van der Waals surface area contributed by atoms with Crippen LogP contribution < -0.4 is 0 Å². The van der Waals surface area contributed by atoms with Crippen LogP contribution in [0.3, 0.4) is 0 Å². The van der Waals surface area contributed by atoms with Crippen molar-refractivity contribution in [3.63, 3.8) is 0 Å². The topological polar surface area (TPSA) is 17.1 Å². The molecule has 0 saturated carbocycles. The first kappa shape index (κ1) is 15.0. The van der Waals surface area contributed by atoms with Gasteiger partial charge in [-0.1, -0.05) is 40.2 Å². The monoisotopic (exact) mass is 330 g/mol. The van der Waals surface area contributed by atoms with Crippen molar-refractivity contribution < 1.29 is 4.79 Å². The van der Waals surface area contributed by atoms with E-state index in [1.54, 1.807) is 6.92 Å². The third-order valence-corrected chi connectivity index (χ3v) is 5.30. The van der Waals surface area contributed by atoms with Crippen LogP contribution in [-0.4, -0.2) is 5.78 Å². The summed E-state index contributed by atoms with van der Waals surface area (Å²) >= 11 is 3.67. The highest BCUT2D eigenvalue weighted by Crippen LogP contribution is 2.38. The molecule has 0 bridgehead atoms. The largest absolute Gasteiger partial charge is 0.294 e. The molecule has 0 radical (unpaired) electrons. The predicted molar refractivity (Wildman–Crippen MR) is 88.5 cm³/mol. The summed E-state index contributed by atoms with van der Waals surface area (Å²) < 4.78 is 1.16. The van der Waals surface area contributed by atoms with Crippen LogP contribution in [0.15, 0.2) is 28.7 Å². The second-order valence-electron chi connectivity index (χ2n) is 5.29. The van der Waals surface area contributed by atoms with E-state index in [1.165, 1.54) is 27.8 Å². The van der Waals surface area contributed by atoms with Crippen LogP contribution in [-0.2, 0) is 0 Å². The fourth-order valence-electron chi connectivity index (χ4n) is 2.68. The molecule has 0 saturated heterocycles. The molecule has 0 spiro atoms. The van der Waals surface area contributed by atoms with Gasteiger partial charge in [-0.2, -0.15) is 0 Å². The molecule has 104 valence electrons. The van der Waals surface area contributed by atoms with Gasteiger partial charge in [-0.15, -0.1) is 0 Å². The van der Waals surface area contributed by atoms with Crippen molar-refractivity contribution in [2.75, 3.05) is 0 Å². The van der Waals surface area contributed by atoms with Gasteiger partial charge < -0.3 is 0 Å². The quantitative estimate of drug-likeness (QED) is 0.659. The maximum absolute atomic E-state index is 11.9. The first-order chi connectivity index (χ1) is 9.36. The minimum atomic E-state index is 0.109. The van der Waals surface area contributed by atoms with Crippen LogP contribution in [0.25, 0.3) is 11.1 Å². The maximum Gasteiger partial charge on any atom is 0.160 e. The Morgan fingerprint density at radius 1 is 0.900 bits per heavy atom. The highest BCUT2D eigenvalue weighted by Gasteiger charge is 2.17. The van der Waals surface area contributed by atoms with E-state index in [2.05, 4.69) is 43.6 Å². The van der Waals surface area contributed by atoms with E-state index in [0.29, 0.717) is 0 Å².